The highest BCUT2D eigenvalue weighted by Crippen LogP contribution is 2.35. The van der Waals surface area contributed by atoms with Gasteiger partial charge >= 0.3 is 6.01 Å². The van der Waals surface area contributed by atoms with Gasteiger partial charge in [0.05, 0.1) is 11.1 Å². The number of nitrogens with zero attached hydrogens (tertiary/aromatic N) is 3. The van der Waals surface area contributed by atoms with Crippen molar-refractivity contribution in [1.29, 1.82) is 0 Å². The fourth-order valence-electron chi connectivity index (χ4n) is 3.20. The quantitative estimate of drug-likeness (QED) is 0.769. The van der Waals surface area contributed by atoms with Gasteiger partial charge in [-0.25, -0.2) is 13.8 Å². The van der Waals surface area contributed by atoms with Crippen LogP contribution in [0.5, 0.6) is 11.8 Å². The van der Waals surface area contributed by atoms with E-state index in [4.69, 9.17) is 4.74 Å². The molecule has 4 rings (SSSR count). The van der Waals surface area contributed by atoms with Gasteiger partial charge in [0.1, 0.15) is 5.82 Å². The number of aromatic amines is 1. The summed E-state index contributed by atoms with van der Waals surface area (Å²) in [6.07, 6.45) is 7.59. The van der Waals surface area contributed by atoms with E-state index in [1.54, 1.807) is 6.20 Å². The minimum atomic E-state index is -0.800. The average molecular weight is 330 g/mol. The van der Waals surface area contributed by atoms with E-state index in [0.29, 0.717) is 11.6 Å². The molecule has 0 amide bonds. The Balaban J connectivity index is 1.62. The third-order valence-corrected chi connectivity index (χ3v) is 4.41. The maximum absolute atomic E-state index is 13.7. The molecule has 0 bridgehead atoms. The second-order valence-corrected chi connectivity index (χ2v) is 6.04. The Morgan fingerprint density at radius 3 is 2.75 bits per heavy atom. The van der Waals surface area contributed by atoms with Gasteiger partial charge in [0.15, 0.2) is 17.2 Å². The topological polar surface area (TPSA) is 63.7 Å². The summed E-state index contributed by atoms with van der Waals surface area (Å²) in [6.45, 7) is 0. The van der Waals surface area contributed by atoms with Crippen LogP contribution in [0, 0.1) is 11.6 Å². The van der Waals surface area contributed by atoms with E-state index in [2.05, 4.69) is 20.2 Å². The molecule has 1 saturated carbocycles. The number of rotatable bonds is 3. The molecule has 1 aromatic carbocycles. The number of H-pyrrole nitrogens is 1. The zero-order valence-corrected chi connectivity index (χ0v) is 12.9. The summed E-state index contributed by atoms with van der Waals surface area (Å²) < 4.78 is 31.9. The Morgan fingerprint density at radius 2 is 1.96 bits per heavy atom. The molecule has 5 nitrogen and oxygen atoms in total. The zero-order valence-electron chi connectivity index (χ0n) is 12.9. The van der Waals surface area contributed by atoms with Gasteiger partial charge in [0.25, 0.3) is 0 Å². The highest BCUT2D eigenvalue weighted by atomic mass is 19.1. The first-order valence-electron chi connectivity index (χ1n) is 8.04. The second-order valence-electron chi connectivity index (χ2n) is 6.04. The van der Waals surface area contributed by atoms with Crippen LogP contribution < -0.4 is 4.74 Å². The predicted molar refractivity (Wildman–Crippen MR) is 83.9 cm³/mol. The average Bonchev–Trinajstić information content (AvgIpc) is 3.01. The van der Waals surface area contributed by atoms with Gasteiger partial charge in [0.2, 0.25) is 0 Å². The van der Waals surface area contributed by atoms with Gasteiger partial charge in [-0.1, -0.05) is 19.3 Å². The predicted octanol–water partition coefficient (Wildman–Crippen LogP) is 4.47. The molecule has 2 aromatic heterocycles. The third kappa shape index (κ3) is 2.81. The maximum atomic E-state index is 13.7. The molecule has 2 heterocycles. The fourth-order valence-corrected chi connectivity index (χ4v) is 3.20. The molecule has 1 fully saturated rings. The van der Waals surface area contributed by atoms with Crippen molar-refractivity contribution in [3.63, 3.8) is 0 Å². The van der Waals surface area contributed by atoms with Crippen LogP contribution in [0.2, 0.25) is 0 Å². The van der Waals surface area contributed by atoms with Crippen LogP contribution >= 0.6 is 0 Å². The number of aromatic nitrogens is 4. The first-order chi connectivity index (χ1) is 11.7. The van der Waals surface area contributed by atoms with Gasteiger partial charge in [-0.3, -0.25) is 5.10 Å². The molecule has 0 atom stereocenters. The molecular formula is C17H16F2N4O. The minimum absolute atomic E-state index is 0.00754. The number of nitrogens with one attached hydrogen (secondary N) is 1. The number of hydrogen-bond acceptors (Lipinski definition) is 4. The lowest BCUT2D eigenvalue weighted by atomic mass is 9.86. The van der Waals surface area contributed by atoms with Gasteiger partial charge in [-0.05, 0) is 25.0 Å². The van der Waals surface area contributed by atoms with Crippen LogP contribution in [0.25, 0.3) is 11.0 Å². The van der Waals surface area contributed by atoms with Crippen molar-refractivity contribution in [2.75, 3.05) is 0 Å². The summed E-state index contributed by atoms with van der Waals surface area (Å²) in [6, 6.07) is 3.07. The smallest absolute Gasteiger partial charge is 0.324 e. The Morgan fingerprint density at radius 1 is 1.12 bits per heavy atom. The molecule has 7 heteroatoms. The minimum Gasteiger partial charge on any atom is -0.421 e. The molecule has 0 radical (unpaired) electrons. The molecule has 1 N–H and O–H groups in total. The number of benzene rings is 1. The van der Waals surface area contributed by atoms with E-state index >= 15 is 0 Å². The summed E-state index contributed by atoms with van der Waals surface area (Å²) in [4.78, 5) is 8.38. The van der Waals surface area contributed by atoms with Crippen LogP contribution in [0.15, 0.2) is 24.4 Å². The number of fused-ring (bicyclic) bond motifs is 1. The lowest BCUT2D eigenvalue weighted by Crippen LogP contribution is -2.05. The first-order valence-corrected chi connectivity index (χ1v) is 8.04. The van der Waals surface area contributed by atoms with Crippen molar-refractivity contribution >= 4 is 11.0 Å². The Kier molecular flexibility index (Phi) is 3.84. The van der Waals surface area contributed by atoms with Crippen molar-refractivity contribution in [3.8, 4) is 11.8 Å². The van der Waals surface area contributed by atoms with E-state index in [0.717, 1.165) is 36.1 Å². The van der Waals surface area contributed by atoms with E-state index in [1.807, 2.05) is 0 Å². The molecule has 3 aromatic rings. The number of hydrogen-bond donors (Lipinski definition) is 1. The summed E-state index contributed by atoms with van der Waals surface area (Å²) in [5, 5.41) is 8.16. The molecule has 0 saturated heterocycles. The van der Waals surface area contributed by atoms with Crippen LogP contribution in [-0.4, -0.2) is 20.2 Å². The third-order valence-electron chi connectivity index (χ3n) is 4.41. The van der Waals surface area contributed by atoms with E-state index in [1.165, 1.54) is 25.3 Å². The molecule has 124 valence electrons. The summed E-state index contributed by atoms with van der Waals surface area (Å²) >= 11 is 0. The molecule has 0 aliphatic heterocycles. The number of halogens is 2. The first kappa shape index (κ1) is 15.0. The molecule has 1 aliphatic rings. The molecule has 0 spiro atoms. The van der Waals surface area contributed by atoms with Crippen molar-refractivity contribution in [1.82, 2.24) is 20.2 Å². The molecule has 24 heavy (non-hydrogen) atoms. The standard InChI is InChI=1S/C17H16F2N4O/c18-11-6-7-14(13(19)8-11)24-17-20-9-12-15(22-23-16(12)21-17)10-4-2-1-3-5-10/h6-10H,1-5H2,(H,20,21,22,23). The Labute approximate surface area is 137 Å². The van der Waals surface area contributed by atoms with E-state index in [9.17, 15) is 8.78 Å². The summed E-state index contributed by atoms with van der Waals surface area (Å²) in [7, 11) is 0. The SMILES string of the molecule is Fc1ccc(Oc2ncc3c(C4CCCCC4)n[nH]c3n2)c(F)c1. The van der Waals surface area contributed by atoms with Crippen molar-refractivity contribution in [3.05, 3.63) is 41.7 Å². The molecular weight excluding hydrogens is 314 g/mol. The van der Waals surface area contributed by atoms with E-state index < -0.39 is 11.6 Å². The van der Waals surface area contributed by atoms with Crippen LogP contribution in [0.4, 0.5) is 8.78 Å². The van der Waals surface area contributed by atoms with Crippen molar-refractivity contribution < 1.29 is 13.5 Å². The lowest BCUT2D eigenvalue weighted by Gasteiger charge is -2.19. The van der Waals surface area contributed by atoms with Gasteiger partial charge in [0, 0.05) is 18.2 Å². The molecule has 1 aliphatic carbocycles. The number of ether oxygens (including phenoxy) is 1. The Hall–Kier alpha value is -2.57. The van der Waals surface area contributed by atoms with Crippen LogP contribution in [0.3, 0.4) is 0 Å². The second kappa shape index (κ2) is 6.14. The zero-order chi connectivity index (χ0) is 16.5. The van der Waals surface area contributed by atoms with Gasteiger partial charge in [-0.15, -0.1) is 0 Å². The summed E-state index contributed by atoms with van der Waals surface area (Å²) in [5.41, 5.74) is 1.55. The van der Waals surface area contributed by atoms with Crippen molar-refractivity contribution in [2.24, 2.45) is 0 Å². The van der Waals surface area contributed by atoms with E-state index in [-0.39, 0.29) is 11.8 Å². The Bertz CT molecular complexity index is 874. The maximum Gasteiger partial charge on any atom is 0.324 e. The van der Waals surface area contributed by atoms with Gasteiger partial charge < -0.3 is 4.74 Å². The fraction of sp³-hybridized carbons (Fsp3) is 0.353. The monoisotopic (exact) mass is 330 g/mol. The van der Waals surface area contributed by atoms with Crippen LogP contribution in [-0.2, 0) is 0 Å². The largest absolute Gasteiger partial charge is 0.421 e. The van der Waals surface area contributed by atoms with Crippen molar-refractivity contribution in [2.45, 2.75) is 38.0 Å². The highest BCUT2D eigenvalue weighted by molar-refractivity contribution is 5.77. The summed E-state index contributed by atoms with van der Waals surface area (Å²) in [5.74, 6) is -1.16. The van der Waals surface area contributed by atoms with Gasteiger partial charge in [-0.2, -0.15) is 10.1 Å². The van der Waals surface area contributed by atoms with Crippen LogP contribution in [0.1, 0.15) is 43.7 Å². The lowest BCUT2D eigenvalue weighted by molar-refractivity contribution is 0.409. The normalized spacial score (nSPS) is 15.8. The highest BCUT2D eigenvalue weighted by Gasteiger charge is 2.21. The molecule has 0 unspecified atom stereocenters.